The van der Waals surface area contributed by atoms with Crippen LogP contribution in [0.5, 0.6) is 0 Å². The van der Waals surface area contributed by atoms with Crippen LogP contribution in [0.4, 0.5) is 4.39 Å². The van der Waals surface area contributed by atoms with Crippen molar-refractivity contribution in [1.82, 2.24) is 0 Å². The van der Waals surface area contributed by atoms with Crippen LogP contribution in [-0.2, 0) is 10.8 Å². The summed E-state index contributed by atoms with van der Waals surface area (Å²) in [4.78, 5) is 0.507. The van der Waals surface area contributed by atoms with E-state index < -0.39 is 10.8 Å². The Morgan fingerprint density at radius 3 is 2.90 bits per heavy atom. The van der Waals surface area contributed by atoms with Gasteiger partial charge < -0.3 is 0 Å². The van der Waals surface area contributed by atoms with E-state index in [9.17, 15) is 13.9 Å². The van der Waals surface area contributed by atoms with Crippen LogP contribution < -0.4 is 0 Å². The van der Waals surface area contributed by atoms with Crippen molar-refractivity contribution in [3.05, 3.63) is 30.1 Å². The summed E-state index contributed by atoms with van der Waals surface area (Å²) in [5, 5.41) is 9.11. The molecule has 0 spiro atoms. The van der Waals surface area contributed by atoms with Gasteiger partial charge in [0.1, 0.15) is 5.82 Å². The number of halogens is 1. The molecule has 0 radical (unpaired) electrons. The molecular formula is C16H20FNOS. The summed E-state index contributed by atoms with van der Waals surface area (Å²) in [6.45, 7) is 2.15. The normalized spacial score (nSPS) is 27.8. The average molecular weight is 293 g/mol. The molecule has 0 aliphatic heterocycles. The number of hydrogen-bond acceptors (Lipinski definition) is 2. The Bertz CT molecular complexity index is 525. The molecule has 1 aromatic rings. The zero-order valence-electron chi connectivity index (χ0n) is 11.7. The van der Waals surface area contributed by atoms with Crippen LogP contribution in [0.1, 0.15) is 39.0 Å². The number of hydrogen-bond donors (Lipinski definition) is 0. The SMILES string of the molecule is CCCC1CCC(C#N)C(S(=O)c2cccc(F)c2)C1. The Morgan fingerprint density at radius 2 is 2.25 bits per heavy atom. The molecule has 0 heterocycles. The molecule has 1 saturated carbocycles. The van der Waals surface area contributed by atoms with Crippen molar-refractivity contribution in [1.29, 1.82) is 5.26 Å². The Morgan fingerprint density at radius 1 is 1.45 bits per heavy atom. The van der Waals surface area contributed by atoms with Gasteiger partial charge in [-0.05, 0) is 43.4 Å². The number of rotatable bonds is 4. The summed E-state index contributed by atoms with van der Waals surface area (Å²) >= 11 is 0. The lowest BCUT2D eigenvalue weighted by Crippen LogP contribution is -2.32. The van der Waals surface area contributed by atoms with Gasteiger partial charge in [-0.1, -0.05) is 25.8 Å². The molecular weight excluding hydrogens is 273 g/mol. The summed E-state index contributed by atoms with van der Waals surface area (Å²) in [6, 6.07) is 8.24. The van der Waals surface area contributed by atoms with E-state index in [4.69, 9.17) is 0 Å². The molecule has 1 aliphatic carbocycles. The first kappa shape index (κ1) is 15.2. The third-order valence-corrected chi connectivity index (χ3v) is 5.86. The Balaban J connectivity index is 2.18. The van der Waals surface area contributed by atoms with Gasteiger partial charge in [-0.2, -0.15) is 5.26 Å². The molecule has 0 amide bonds. The highest BCUT2D eigenvalue weighted by atomic mass is 32.2. The van der Waals surface area contributed by atoms with Crippen molar-refractivity contribution in [2.45, 2.75) is 49.2 Å². The number of benzene rings is 1. The number of nitriles is 1. The molecule has 4 unspecified atom stereocenters. The van der Waals surface area contributed by atoms with E-state index in [-0.39, 0.29) is 17.0 Å². The molecule has 2 nitrogen and oxygen atoms in total. The Hall–Kier alpha value is -1.21. The second-order valence-electron chi connectivity index (χ2n) is 5.50. The molecule has 20 heavy (non-hydrogen) atoms. The molecule has 1 aromatic carbocycles. The second-order valence-corrected chi connectivity index (χ2v) is 7.17. The minimum absolute atomic E-state index is 0.160. The van der Waals surface area contributed by atoms with Gasteiger partial charge in [0, 0.05) is 4.90 Å². The van der Waals surface area contributed by atoms with E-state index in [0.29, 0.717) is 10.8 Å². The van der Waals surface area contributed by atoms with Crippen molar-refractivity contribution < 1.29 is 8.60 Å². The summed E-state index contributed by atoms with van der Waals surface area (Å²) in [5.74, 6) is 0.00425. The van der Waals surface area contributed by atoms with Gasteiger partial charge in [0.05, 0.1) is 28.0 Å². The molecule has 1 fully saturated rings. The molecule has 2 rings (SSSR count). The standard InChI is InChI=1S/C16H20FNOS/c1-2-4-12-7-8-13(11-18)16(9-12)20(19)15-6-3-5-14(17)10-15/h3,5-6,10,12-13,16H,2,4,7-9H2,1H3. The van der Waals surface area contributed by atoms with Crippen LogP contribution in [-0.4, -0.2) is 9.46 Å². The van der Waals surface area contributed by atoms with Gasteiger partial charge in [0.2, 0.25) is 0 Å². The molecule has 108 valence electrons. The lowest BCUT2D eigenvalue weighted by molar-refractivity contribution is 0.303. The topological polar surface area (TPSA) is 40.9 Å². The fourth-order valence-electron chi connectivity index (χ4n) is 3.03. The zero-order valence-corrected chi connectivity index (χ0v) is 12.5. The second kappa shape index (κ2) is 6.99. The first-order valence-electron chi connectivity index (χ1n) is 7.21. The summed E-state index contributed by atoms with van der Waals surface area (Å²) in [7, 11) is -1.30. The van der Waals surface area contributed by atoms with E-state index in [2.05, 4.69) is 13.0 Å². The molecule has 4 heteroatoms. The first-order chi connectivity index (χ1) is 9.65. The lowest BCUT2D eigenvalue weighted by Gasteiger charge is -2.32. The molecule has 0 bridgehead atoms. The maximum Gasteiger partial charge on any atom is 0.124 e. The minimum atomic E-state index is -1.30. The van der Waals surface area contributed by atoms with Crippen LogP contribution in [0.2, 0.25) is 0 Å². The molecule has 4 atom stereocenters. The van der Waals surface area contributed by atoms with E-state index in [1.165, 1.54) is 12.1 Å². The quantitative estimate of drug-likeness (QED) is 0.840. The van der Waals surface area contributed by atoms with Crippen molar-refractivity contribution >= 4 is 10.8 Å². The Labute approximate surface area is 122 Å². The van der Waals surface area contributed by atoms with Gasteiger partial charge in [0.15, 0.2) is 0 Å². The largest absolute Gasteiger partial charge is 0.254 e. The van der Waals surface area contributed by atoms with Crippen molar-refractivity contribution in [3.63, 3.8) is 0 Å². The highest BCUT2D eigenvalue weighted by molar-refractivity contribution is 7.85. The van der Waals surface area contributed by atoms with Crippen LogP contribution in [0, 0.1) is 29.0 Å². The van der Waals surface area contributed by atoms with Gasteiger partial charge in [0.25, 0.3) is 0 Å². The third kappa shape index (κ3) is 3.46. The highest BCUT2D eigenvalue weighted by Gasteiger charge is 2.34. The van der Waals surface area contributed by atoms with Gasteiger partial charge in [-0.25, -0.2) is 4.39 Å². The van der Waals surface area contributed by atoms with E-state index in [1.54, 1.807) is 12.1 Å². The van der Waals surface area contributed by atoms with E-state index in [0.717, 1.165) is 32.1 Å². The molecule has 0 aromatic heterocycles. The maximum absolute atomic E-state index is 13.3. The third-order valence-electron chi connectivity index (χ3n) is 4.07. The smallest absolute Gasteiger partial charge is 0.124 e. The average Bonchev–Trinajstić information content (AvgIpc) is 2.47. The maximum atomic E-state index is 13.3. The zero-order chi connectivity index (χ0) is 14.5. The van der Waals surface area contributed by atoms with Gasteiger partial charge in [-0.3, -0.25) is 4.21 Å². The number of nitrogens with zero attached hydrogens (tertiary/aromatic N) is 1. The van der Waals surface area contributed by atoms with Crippen LogP contribution in [0.3, 0.4) is 0 Å². The van der Waals surface area contributed by atoms with Crippen molar-refractivity contribution in [2.75, 3.05) is 0 Å². The van der Waals surface area contributed by atoms with E-state index in [1.807, 2.05) is 0 Å². The summed E-state index contributed by atoms with van der Waals surface area (Å²) in [5.41, 5.74) is 0. The lowest BCUT2D eigenvalue weighted by atomic mass is 9.80. The minimum Gasteiger partial charge on any atom is -0.254 e. The monoisotopic (exact) mass is 293 g/mol. The first-order valence-corrected chi connectivity index (χ1v) is 8.42. The molecule has 1 aliphatic rings. The highest BCUT2D eigenvalue weighted by Crippen LogP contribution is 2.36. The van der Waals surface area contributed by atoms with Crippen LogP contribution >= 0.6 is 0 Å². The fraction of sp³-hybridized carbons (Fsp3) is 0.562. The predicted molar refractivity (Wildman–Crippen MR) is 77.9 cm³/mol. The summed E-state index contributed by atoms with van der Waals surface area (Å²) < 4.78 is 25.9. The van der Waals surface area contributed by atoms with Crippen LogP contribution in [0.15, 0.2) is 29.2 Å². The van der Waals surface area contributed by atoms with Gasteiger partial charge in [-0.15, -0.1) is 0 Å². The summed E-state index contributed by atoms with van der Waals surface area (Å²) in [6.07, 6.45) is 4.90. The Kier molecular flexibility index (Phi) is 5.31. The van der Waals surface area contributed by atoms with E-state index >= 15 is 0 Å². The van der Waals surface area contributed by atoms with Crippen molar-refractivity contribution in [2.24, 2.45) is 11.8 Å². The van der Waals surface area contributed by atoms with Crippen LogP contribution in [0.25, 0.3) is 0 Å². The molecule has 0 saturated heterocycles. The van der Waals surface area contributed by atoms with Gasteiger partial charge >= 0.3 is 0 Å². The fourth-order valence-corrected chi connectivity index (χ4v) is 4.77. The predicted octanol–water partition coefficient (Wildman–Crippen LogP) is 4.04. The van der Waals surface area contributed by atoms with Crippen molar-refractivity contribution in [3.8, 4) is 6.07 Å². The molecule has 0 N–H and O–H groups in total.